The van der Waals surface area contributed by atoms with Crippen molar-refractivity contribution in [3.8, 4) is 0 Å². The summed E-state index contributed by atoms with van der Waals surface area (Å²) >= 11 is 0. The Hall–Kier alpha value is -6.21. The zero-order valence-electron chi connectivity index (χ0n) is 31.0. The fraction of sp³-hybridized carbons (Fsp3) is 0.326. The van der Waals surface area contributed by atoms with Crippen LogP contribution < -0.4 is 21.3 Å². The van der Waals surface area contributed by atoms with Crippen LogP contribution in [0.5, 0.6) is 0 Å². The maximum Gasteiger partial charge on any atom is 0.246 e. The Bertz CT molecular complexity index is 2390. The smallest absolute Gasteiger partial charge is 0.246 e. The molecule has 7 N–H and O–H groups in total. The number of fused-ring (bicyclic) bond motifs is 3. The van der Waals surface area contributed by atoms with E-state index in [-0.39, 0.29) is 18.7 Å². The van der Waals surface area contributed by atoms with Crippen molar-refractivity contribution in [1.29, 1.82) is 0 Å². The van der Waals surface area contributed by atoms with E-state index in [4.69, 9.17) is 0 Å². The summed E-state index contributed by atoms with van der Waals surface area (Å²) in [5.41, 5.74) is 5.32. The van der Waals surface area contributed by atoms with Crippen LogP contribution in [0, 0.1) is 0 Å². The van der Waals surface area contributed by atoms with Gasteiger partial charge in [-0.3, -0.25) is 19.2 Å². The molecule has 288 valence electrons. The predicted octanol–water partition coefficient (Wildman–Crippen LogP) is 3.55. The number of H-pyrrole nitrogens is 3. The molecule has 6 aromatic rings. The fourth-order valence-electron chi connectivity index (χ4n) is 8.36. The van der Waals surface area contributed by atoms with Gasteiger partial charge in [0.2, 0.25) is 23.6 Å². The normalized spacial score (nSPS) is 18.5. The first kappa shape index (κ1) is 36.8. The molecular formula is C43H46N8O5. The highest BCUT2D eigenvalue weighted by molar-refractivity contribution is 5.97. The number of carbonyl (C=O) groups excluding carboxylic acids is 5. The van der Waals surface area contributed by atoms with Gasteiger partial charge in [-0.05, 0) is 67.1 Å². The number of hydrogen-bond acceptors (Lipinski definition) is 6. The van der Waals surface area contributed by atoms with Gasteiger partial charge in [-0.25, -0.2) is 0 Å². The third-order valence-electron chi connectivity index (χ3n) is 11.3. The number of aldehydes is 1. The van der Waals surface area contributed by atoms with Gasteiger partial charge in [-0.2, -0.15) is 0 Å². The second kappa shape index (κ2) is 16.3. The molecule has 5 atom stereocenters. The van der Waals surface area contributed by atoms with Crippen molar-refractivity contribution in [2.24, 2.45) is 0 Å². The summed E-state index contributed by atoms with van der Waals surface area (Å²) in [6.45, 7) is 1.04. The van der Waals surface area contributed by atoms with Crippen molar-refractivity contribution in [2.75, 3.05) is 13.1 Å². The van der Waals surface area contributed by atoms with Crippen LogP contribution in [-0.4, -0.2) is 93.1 Å². The summed E-state index contributed by atoms with van der Waals surface area (Å²) in [6, 6.07) is 19.2. The van der Waals surface area contributed by atoms with Gasteiger partial charge in [-0.1, -0.05) is 54.6 Å². The number of para-hydroxylation sites is 3. The van der Waals surface area contributed by atoms with Crippen LogP contribution in [0.4, 0.5) is 0 Å². The third kappa shape index (κ3) is 7.67. The fourth-order valence-corrected chi connectivity index (χ4v) is 8.36. The van der Waals surface area contributed by atoms with E-state index >= 15 is 0 Å². The van der Waals surface area contributed by atoms with Gasteiger partial charge in [0.1, 0.15) is 24.4 Å². The summed E-state index contributed by atoms with van der Waals surface area (Å²) in [4.78, 5) is 80.0. The Morgan fingerprint density at radius 3 is 1.77 bits per heavy atom. The summed E-state index contributed by atoms with van der Waals surface area (Å²) in [7, 11) is 0. The molecule has 5 heterocycles. The molecule has 2 aliphatic heterocycles. The number of benzene rings is 3. The van der Waals surface area contributed by atoms with Gasteiger partial charge in [-0.15, -0.1) is 0 Å². The first-order valence-electron chi connectivity index (χ1n) is 19.4. The molecule has 3 aromatic heterocycles. The van der Waals surface area contributed by atoms with Crippen molar-refractivity contribution in [1.82, 2.24) is 41.1 Å². The number of hydrogen-bond donors (Lipinski definition) is 7. The van der Waals surface area contributed by atoms with E-state index < -0.39 is 47.9 Å². The molecule has 13 nitrogen and oxygen atoms in total. The van der Waals surface area contributed by atoms with Crippen molar-refractivity contribution < 1.29 is 24.0 Å². The largest absolute Gasteiger partial charge is 0.361 e. The Labute approximate surface area is 323 Å². The molecule has 56 heavy (non-hydrogen) atoms. The Morgan fingerprint density at radius 2 is 1.21 bits per heavy atom. The monoisotopic (exact) mass is 754 g/mol. The molecule has 2 saturated heterocycles. The van der Waals surface area contributed by atoms with Crippen LogP contribution in [0.1, 0.15) is 42.4 Å². The van der Waals surface area contributed by atoms with Crippen LogP contribution in [0.2, 0.25) is 0 Å². The van der Waals surface area contributed by atoms with E-state index in [1.807, 2.05) is 91.4 Å². The maximum atomic E-state index is 14.7. The molecule has 0 unspecified atom stereocenters. The average molecular weight is 755 g/mol. The van der Waals surface area contributed by atoms with Gasteiger partial charge in [0.15, 0.2) is 0 Å². The van der Waals surface area contributed by atoms with Crippen molar-refractivity contribution in [3.05, 3.63) is 108 Å². The minimum absolute atomic E-state index is 0.148. The summed E-state index contributed by atoms with van der Waals surface area (Å²) in [5.74, 6) is -1.59. The number of aromatic nitrogens is 3. The van der Waals surface area contributed by atoms with Crippen molar-refractivity contribution in [3.63, 3.8) is 0 Å². The first-order valence-corrected chi connectivity index (χ1v) is 19.4. The second-order valence-corrected chi connectivity index (χ2v) is 14.9. The molecule has 4 amide bonds. The molecule has 0 bridgehead atoms. The summed E-state index contributed by atoms with van der Waals surface area (Å²) in [6.07, 6.45) is 9.41. The highest BCUT2D eigenvalue weighted by atomic mass is 16.2. The molecule has 0 spiro atoms. The van der Waals surface area contributed by atoms with Crippen LogP contribution >= 0.6 is 0 Å². The van der Waals surface area contributed by atoms with Gasteiger partial charge in [0.25, 0.3) is 0 Å². The lowest BCUT2D eigenvalue weighted by atomic mass is 10.0. The molecular weight excluding hydrogens is 709 g/mol. The summed E-state index contributed by atoms with van der Waals surface area (Å²) in [5, 5.41) is 14.9. The minimum atomic E-state index is -1.06. The average Bonchev–Trinajstić information content (AvgIpc) is 4.08. The van der Waals surface area contributed by atoms with Crippen LogP contribution in [0.15, 0.2) is 91.4 Å². The lowest BCUT2D eigenvalue weighted by molar-refractivity contribution is -0.142. The van der Waals surface area contributed by atoms with Gasteiger partial charge in [0.05, 0.1) is 12.1 Å². The molecule has 8 rings (SSSR count). The number of nitrogens with zero attached hydrogens (tertiary/aromatic N) is 1. The number of rotatable bonds is 14. The molecule has 0 radical (unpaired) electrons. The van der Waals surface area contributed by atoms with Crippen LogP contribution in [0.3, 0.4) is 0 Å². The standard InChI is InChI=1S/C43H46N8O5/c52-25-29(19-26-22-45-33-12-4-1-9-30(26)33)48-42(55)39-16-8-18-51(39)43(56)38(21-28-24-47-35-14-6-3-11-32(28)35)50-41(54)37(49-40(53)36-15-7-17-44-36)20-27-23-46-34-13-5-2-10-31(27)34/h1-6,9-14,22-25,29,36-39,44-47H,7-8,15-21H2,(H,48,55)(H,49,53)(H,50,54)/t29-,36-,37-,38-,39-/m0/s1. The van der Waals surface area contributed by atoms with E-state index in [0.717, 1.165) is 68.7 Å². The van der Waals surface area contributed by atoms with Crippen LogP contribution in [-0.2, 0) is 43.2 Å². The highest BCUT2D eigenvalue weighted by Gasteiger charge is 2.39. The van der Waals surface area contributed by atoms with Gasteiger partial charge >= 0.3 is 0 Å². The second-order valence-electron chi connectivity index (χ2n) is 14.9. The SMILES string of the molecule is O=C[C@H](Cc1c[nH]c2ccccc12)NC(=O)[C@@H]1CCCN1C(=O)[C@H](Cc1c[nH]c2ccccc12)NC(=O)[C@H](Cc1c[nH]c2ccccc12)NC(=O)[C@@H]1CCCN1. The first-order chi connectivity index (χ1) is 27.4. The zero-order chi connectivity index (χ0) is 38.6. The molecule has 13 heteroatoms. The minimum Gasteiger partial charge on any atom is -0.361 e. The van der Waals surface area contributed by atoms with E-state index in [9.17, 15) is 24.0 Å². The Balaban J connectivity index is 1.04. The van der Waals surface area contributed by atoms with Gasteiger partial charge in [0, 0.05) is 77.1 Å². The predicted molar refractivity (Wildman–Crippen MR) is 214 cm³/mol. The number of amides is 4. The Morgan fingerprint density at radius 1 is 0.661 bits per heavy atom. The molecule has 0 saturated carbocycles. The highest BCUT2D eigenvalue weighted by Crippen LogP contribution is 2.25. The molecule has 0 aliphatic carbocycles. The third-order valence-corrected chi connectivity index (χ3v) is 11.3. The number of carbonyl (C=O) groups is 5. The van der Waals surface area contributed by atoms with E-state index in [1.54, 1.807) is 0 Å². The summed E-state index contributed by atoms with van der Waals surface area (Å²) < 4.78 is 0. The maximum absolute atomic E-state index is 14.7. The van der Waals surface area contributed by atoms with E-state index in [2.05, 4.69) is 36.2 Å². The topological polar surface area (TPSA) is 184 Å². The molecule has 2 fully saturated rings. The van der Waals surface area contributed by atoms with Crippen molar-refractivity contribution >= 4 is 62.6 Å². The quantitative estimate of drug-likeness (QED) is 0.0835. The van der Waals surface area contributed by atoms with E-state index in [0.29, 0.717) is 32.2 Å². The Kier molecular flexibility index (Phi) is 10.7. The number of aromatic amines is 3. The van der Waals surface area contributed by atoms with E-state index in [1.165, 1.54) is 4.90 Å². The van der Waals surface area contributed by atoms with Crippen molar-refractivity contribution in [2.45, 2.75) is 75.2 Å². The van der Waals surface area contributed by atoms with Gasteiger partial charge < -0.3 is 45.9 Å². The zero-order valence-corrected chi connectivity index (χ0v) is 31.0. The lowest BCUT2D eigenvalue weighted by Crippen LogP contribution is -2.59. The number of nitrogens with one attached hydrogen (secondary N) is 7. The number of likely N-dealkylation sites (tertiary alicyclic amines) is 1. The van der Waals surface area contributed by atoms with Crippen LogP contribution in [0.25, 0.3) is 32.7 Å². The lowest BCUT2D eigenvalue weighted by Gasteiger charge is -2.30. The molecule has 3 aromatic carbocycles. The molecule has 2 aliphatic rings.